The molecule has 0 spiro atoms. The Morgan fingerprint density at radius 3 is 2.35 bits per heavy atom. The maximum atomic E-state index is 13.9. The van der Waals surface area contributed by atoms with Gasteiger partial charge in [-0.05, 0) is 24.1 Å². The first-order valence-corrected chi connectivity index (χ1v) is 6.71. The average molecular weight is 321 g/mol. The Morgan fingerprint density at radius 1 is 1.09 bits per heavy atom. The summed E-state index contributed by atoms with van der Waals surface area (Å²) in [5.41, 5.74) is 0.603. The highest BCUT2D eigenvalue weighted by Gasteiger charge is 2.38. The minimum absolute atomic E-state index is 0.0476. The highest BCUT2D eigenvalue weighted by Crippen LogP contribution is 2.34. The molecule has 0 amide bonds. The molecule has 1 N–H and O–H groups in total. The number of aromatic nitrogens is 3. The van der Waals surface area contributed by atoms with Crippen molar-refractivity contribution < 1.29 is 17.6 Å². The van der Waals surface area contributed by atoms with Gasteiger partial charge < -0.3 is 0 Å². The number of nitrogens with zero attached hydrogens (tertiary/aromatic N) is 2. The van der Waals surface area contributed by atoms with Gasteiger partial charge in [0.2, 0.25) is 0 Å². The third-order valence-corrected chi connectivity index (χ3v) is 3.43. The number of nitrogens with one attached hydrogen (secondary N) is 1. The molecule has 0 aliphatic rings. The molecule has 0 unspecified atom stereocenters. The van der Waals surface area contributed by atoms with Crippen molar-refractivity contribution in [1.82, 2.24) is 15.2 Å². The number of benzene rings is 1. The van der Waals surface area contributed by atoms with Crippen LogP contribution in [0.4, 0.5) is 17.6 Å². The van der Waals surface area contributed by atoms with Gasteiger partial charge in [0.05, 0.1) is 5.69 Å². The van der Waals surface area contributed by atoms with E-state index in [1.165, 1.54) is 12.3 Å². The second-order valence-corrected chi connectivity index (χ2v) is 5.01. The normalized spacial score (nSPS) is 11.7. The third-order valence-electron chi connectivity index (χ3n) is 3.43. The molecule has 0 saturated carbocycles. The van der Waals surface area contributed by atoms with Crippen molar-refractivity contribution in [3.05, 3.63) is 59.7 Å². The molecule has 23 heavy (non-hydrogen) atoms. The van der Waals surface area contributed by atoms with Crippen molar-refractivity contribution in [3.8, 4) is 22.5 Å². The first kappa shape index (κ1) is 15.2. The number of rotatable bonds is 2. The molecule has 2 heterocycles. The molecule has 3 nitrogen and oxygen atoms in total. The van der Waals surface area contributed by atoms with Gasteiger partial charge in [0.25, 0.3) is 0 Å². The first-order valence-electron chi connectivity index (χ1n) is 6.71. The van der Waals surface area contributed by atoms with E-state index in [9.17, 15) is 17.6 Å². The number of pyridine rings is 1. The molecule has 0 atom stereocenters. The maximum Gasteiger partial charge on any atom is 0.435 e. The lowest BCUT2D eigenvalue weighted by Gasteiger charge is -2.07. The topological polar surface area (TPSA) is 41.6 Å². The molecule has 118 valence electrons. The van der Waals surface area contributed by atoms with E-state index >= 15 is 0 Å². The van der Waals surface area contributed by atoms with Crippen LogP contribution in [-0.4, -0.2) is 15.2 Å². The average Bonchev–Trinajstić information content (AvgIpc) is 2.90. The molecular formula is C16H11F4N3. The summed E-state index contributed by atoms with van der Waals surface area (Å²) in [4.78, 5) is 4.05. The van der Waals surface area contributed by atoms with Crippen LogP contribution < -0.4 is 0 Å². The third kappa shape index (κ3) is 2.81. The van der Waals surface area contributed by atoms with Crippen molar-refractivity contribution in [1.29, 1.82) is 0 Å². The van der Waals surface area contributed by atoms with E-state index in [2.05, 4.69) is 10.1 Å². The van der Waals surface area contributed by atoms with E-state index in [0.717, 1.165) is 16.7 Å². The Kier molecular flexibility index (Phi) is 3.63. The second kappa shape index (κ2) is 5.49. The van der Waals surface area contributed by atoms with Crippen LogP contribution in [0.3, 0.4) is 0 Å². The molecular weight excluding hydrogens is 310 g/mol. The number of halogens is 4. The van der Waals surface area contributed by atoms with Gasteiger partial charge in [-0.25, -0.2) is 4.39 Å². The molecule has 3 rings (SSSR count). The predicted molar refractivity (Wildman–Crippen MR) is 77.0 cm³/mol. The molecule has 0 saturated heterocycles. The van der Waals surface area contributed by atoms with Crippen molar-refractivity contribution >= 4 is 0 Å². The summed E-state index contributed by atoms with van der Waals surface area (Å²) in [5, 5.41) is 5.10. The Balaban J connectivity index is 2.03. The van der Waals surface area contributed by atoms with Gasteiger partial charge >= 0.3 is 6.18 Å². The highest BCUT2D eigenvalue weighted by molar-refractivity contribution is 5.69. The van der Waals surface area contributed by atoms with E-state index < -0.39 is 23.4 Å². The van der Waals surface area contributed by atoms with Crippen LogP contribution in [0.1, 0.15) is 11.3 Å². The number of alkyl halides is 3. The molecule has 0 bridgehead atoms. The lowest BCUT2D eigenvalue weighted by Crippen LogP contribution is -2.07. The van der Waals surface area contributed by atoms with Crippen LogP contribution in [0.2, 0.25) is 0 Å². The van der Waals surface area contributed by atoms with E-state index in [1.54, 1.807) is 12.0 Å². The number of aromatic amines is 1. The first-order chi connectivity index (χ1) is 10.9. The molecule has 0 fully saturated rings. The quantitative estimate of drug-likeness (QED) is 0.701. The Morgan fingerprint density at radius 2 is 1.78 bits per heavy atom. The van der Waals surface area contributed by atoms with E-state index in [4.69, 9.17) is 0 Å². The number of H-pyrrole nitrogens is 1. The van der Waals surface area contributed by atoms with Crippen molar-refractivity contribution in [2.75, 3.05) is 0 Å². The Hall–Kier alpha value is -2.70. The largest absolute Gasteiger partial charge is 0.435 e. The summed E-state index contributed by atoms with van der Waals surface area (Å²) in [5.74, 6) is -1.45. The molecule has 2 aromatic heterocycles. The number of aryl methyl sites for hydroxylation is 1. The minimum atomic E-state index is -4.83. The van der Waals surface area contributed by atoms with Gasteiger partial charge in [0, 0.05) is 11.8 Å². The fourth-order valence-electron chi connectivity index (χ4n) is 2.29. The van der Waals surface area contributed by atoms with Gasteiger partial charge in [-0.2, -0.15) is 18.3 Å². The van der Waals surface area contributed by atoms with Crippen molar-refractivity contribution in [2.24, 2.45) is 0 Å². The minimum Gasteiger partial charge on any atom is -0.270 e. The zero-order chi connectivity index (χ0) is 16.6. The molecule has 0 aliphatic heterocycles. The van der Waals surface area contributed by atoms with E-state index in [1.807, 2.05) is 30.3 Å². The predicted octanol–water partition coefficient (Wildman–Crippen LogP) is 4.61. The SMILES string of the molecule is Cc1cc(-c2n[nH]c(C(F)(F)F)c2F)ncc1-c1ccccc1. The summed E-state index contributed by atoms with van der Waals surface area (Å²) in [6.07, 6.45) is -3.32. The summed E-state index contributed by atoms with van der Waals surface area (Å²) in [7, 11) is 0. The lowest BCUT2D eigenvalue weighted by atomic mass is 10.0. The Bertz CT molecular complexity index is 838. The van der Waals surface area contributed by atoms with Gasteiger partial charge in [-0.15, -0.1) is 0 Å². The van der Waals surface area contributed by atoms with Crippen LogP contribution in [0.5, 0.6) is 0 Å². The number of hydrogen-bond acceptors (Lipinski definition) is 2. The lowest BCUT2D eigenvalue weighted by molar-refractivity contribution is -0.143. The van der Waals surface area contributed by atoms with Crippen LogP contribution in [0.25, 0.3) is 22.5 Å². The monoisotopic (exact) mass is 321 g/mol. The molecule has 0 radical (unpaired) electrons. The summed E-state index contributed by atoms with van der Waals surface area (Å²) < 4.78 is 51.7. The zero-order valence-electron chi connectivity index (χ0n) is 11.9. The van der Waals surface area contributed by atoms with Gasteiger partial charge in [0.15, 0.2) is 11.5 Å². The number of hydrogen-bond donors (Lipinski definition) is 1. The van der Waals surface area contributed by atoms with Gasteiger partial charge in [-0.3, -0.25) is 10.1 Å². The fraction of sp³-hybridized carbons (Fsp3) is 0.125. The summed E-state index contributed by atoms with van der Waals surface area (Å²) in [6.45, 7) is 1.78. The van der Waals surface area contributed by atoms with Crippen LogP contribution >= 0.6 is 0 Å². The van der Waals surface area contributed by atoms with Crippen LogP contribution in [0, 0.1) is 12.7 Å². The molecule has 1 aromatic carbocycles. The fourth-order valence-corrected chi connectivity index (χ4v) is 2.29. The Labute approximate surface area is 129 Å². The van der Waals surface area contributed by atoms with E-state index in [-0.39, 0.29) is 5.69 Å². The molecule has 3 aromatic rings. The van der Waals surface area contributed by atoms with Crippen molar-refractivity contribution in [2.45, 2.75) is 13.1 Å². The van der Waals surface area contributed by atoms with Crippen LogP contribution in [-0.2, 0) is 6.18 Å². The summed E-state index contributed by atoms with van der Waals surface area (Å²) >= 11 is 0. The standard InChI is InChI=1S/C16H11F4N3/c1-9-7-12(14-13(17)15(23-22-14)16(18,19)20)21-8-11(9)10-5-3-2-4-6-10/h2-8H,1H3,(H,22,23). The summed E-state index contributed by atoms with van der Waals surface area (Å²) in [6, 6.07) is 10.9. The smallest absolute Gasteiger partial charge is 0.270 e. The molecule has 0 aliphatic carbocycles. The van der Waals surface area contributed by atoms with Crippen molar-refractivity contribution in [3.63, 3.8) is 0 Å². The van der Waals surface area contributed by atoms with Crippen LogP contribution in [0.15, 0.2) is 42.6 Å². The highest BCUT2D eigenvalue weighted by atomic mass is 19.4. The van der Waals surface area contributed by atoms with E-state index in [0.29, 0.717) is 0 Å². The van der Waals surface area contributed by atoms with Gasteiger partial charge in [-0.1, -0.05) is 30.3 Å². The zero-order valence-corrected chi connectivity index (χ0v) is 11.9. The molecule has 7 heteroatoms. The second-order valence-electron chi connectivity index (χ2n) is 5.01. The maximum absolute atomic E-state index is 13.9. The van der Waals surface area contributed by atoms with Gasteiger partial charge in [0.1, 0.15) is 5.69 Å².